The van der Waals surface area contributed by atoms with Gasteiger partial charge in [-0.25, -0.2) is 8.42 Å². The summed E-state index contributed by atoms with van der Waals surface area (Å²) in [5.41, 5.74) is 3.40. The average molecular weight is 446 g/mol. The van der Waals surface area contributed by atoms with E-state index < -0.39 is 10.0 Å². The Kier molecular flexibility index (Phi) is 6.42. The van der Waals surface area contributed by atoms with Crippen molar-refractivity contribution in [2.24, 2.45) is 0 Å². The highest BCUT2D eigenvalue weighted by Gasteiger charge is 2.19. The minimum atomic E-state index is -3.70. The number of hydrogen-bond acceptors (Lipinski definition) is 6. The van der Waals surface area contributed by atoms with E-state index in [9.17, 15) is 13.2 Å². The smallest absolute Gasteiger partial charge is 0.271 e. The predicted molar refractivity (Wildman–Crippen MR) is 120 cm³/mol. The van der Waals surface area contributed by atoms with Crippen molar-refractivity contribution in [1.82, 2.24) is 5.16 Å². The van der Waals surface area contributed by atoms with Gasteiger partial charge in [-0.2, -0.15) is 0 Å². The van der Waals surface area contributed by atoms with E-state index in [-0.39, 0.29) is 10.1 Å². The largest absolute Gasteiger partial charge is 0.354 e. The lowest BCUT2D eigenvalue weighted by Gasteiger charge is -2.11. The Morgan fingerprint density at radius 2 is 1.80 bits per heavy atom. The number of aromatic nitrogens is 1. The molecule has 7 nitrogen and oxygen atoms in total. The van der Waals surface area contributed by atoms with E-state index in [0.717, 1.165) is 27.3 Å². The zero-order valence-electron chi connectivity index (χ0n) is 17.1. The zero-order valence-corrected chi connectivity index (χ0v) is 18.8. The van der Waals surface area contributed by atoms with Gasteiger partial charge in [0.25, 0.3) is 10.0 Å². The van der Waals surface area contributed by atoms with E-state index in [0.29, 0.717) is 29.2 Å². The summed E-state index contributed by atoms with van der Waals surface area (Å²) < 4.78 is 33.8. The van der Waals surface area contributed by atoms with Crippen LogP contribution in [-0.4, -0.2) is 19.5 Å². The monoisotopic (exact) mass is 445 g/mol. The second-order valence-electron chi connectivity index (χ2n) is 6.77. The molecule has 30 heavy (non-hydrogen) atoms. The molecule has 0 aliphatic heterocycles. The third-order valence-corrected chi connectivity index (χ3v) is 7.35. The molecular weight excluding hydrogens is 422 g/mol. The molecule has 0 unspecified atom stereocenters. The maximum absolute atomic E-state index is 12.8. The van der Waals surface area contributed by atoms with Crippen LogP contribution in [0.3, 0.4) is 0 Å². The maximum atomic E-state index is 12.8. The lowest BCUT2D eigenvalue weighted by Crippen LogP contribution is -2.13. The minimum absolute atomic E-state index is 0.141. The molecule has 0 aliphatic rings. The standard InChI is InChI=1S/C21H23N3O4S2/c1-5-18(25)22-21-15(4)23-28-17(21)11-9-16-10-12-19(29-16)30(26,27)24-20-13(2)7-6-8-14(20)3/h6-12,24H,5H2,1-4H3,(H,22,25). The number of carbonyl (C=O) groups is 1. The van der Waals surface area contributed by atoms with Crippen molar-refractivity contribution in [3.05, 3.63) is 57.8 Å². The van der Waals surface area contributed by atoms with Gasteiger partial charge in [-0.3, -0.25) is 9.52 Å². The summed E-state index contributed by atoms with van der Waals surface area (Å²) in [6.45, 7) is 7.22. The molecule has 1 aromatic carbocycles. The molecule has 1 amide bonds. The molecule has 0 radical (unpaired) electrons. The van der Waals surface area contributed by atoms with Gasteiger partial charge in [-0.1, -0.05) is 30.3 Å². The van der Waals surface area contributed by atoms with Crippen LogP contribution in [-0.2, 0) is 14.8 Å². The molecule has 0 saturated carbocycles. The first kappa shape index (κ1) is 21.8. The number of benzene rings is 1. The number of aryl methyl sites for hydroxylation is 3. The normalized spacial score (nSPS) is 11.7. The van der Waals surface area contributed by atoms with Crippen molar-refractivity contribution in [2.75, 3.05) is 10.0 Å². The first-order valence-corrected chi connectivity index (χ1v) is 11.6. The van der Waals surface area contributed by atoms with Crippen molar-refractivity contribution in [1.29, 1.82) is 0 Å². The highest BCUT2D eigenvalue weighted by Crippen LogP contribution is 2.29. The van der Waals surface area contributed by atoms with Crippen LogP contribution in [0.1, 0.15) is 40.8 Å². The van der Waals surface area contributed by atoms with E-state index in [1.54, 1.807) is 38.1 Å². The van der Waals surface area contributed by atoms with Crippen LogP contribution in [0.4, 0.5) is 11.4 Å². The molecule has 3 rings (SSSR count). The second kappa shape index (κ2) is 8.85. The van der Waals surface area contributed by atoms with E-state index >= 15 is 0 Å². The van der Waals surface area contributed by atoms with E-state index in [4.69, 9.17) is 4.52 Å². The lowest BCUT2D eigenvalue weighted by molar-refractivity contribution is -0.115. The molecule has 3 aromatic rings. The van der Waals surface area contributed by atoms with Crippen LogP contribution in [0.2, 0.25) is 0 Å². The predicted octanol–water partition coefficient (Wildman–Crippen LogP) is 4.98. The van der Waals surface area contributed by atoms with Crippen LogP contribution in [0.5, 0.6) is 0 Å². The fourth-order valence-corrected chi connectivity index (χ4v) is 5.20. The van der Waals surface area contributed by atoms with E-state index in [1.165, 1.54) is 0 Å². The van der Waals surface area contributed by atoms with Gasteiger partial charge in [0.05, 0.1) is 5.69 Å². The maximum Gasteiger partial charge on any atom is 0.271 e. The lowest BCUT2D eigenvalue weighted by atomic mass is 10.1. The van der Waals surface area contributed by atoms with Gasteiger partial charge in [-0.15, -0.1) is 11.3 Å². The molecule has 158 valence electrons. The first-order chi connectivity index (χ1) is 14.2. The van der Waals surface area contributed by atoms with Gasteiger partial charge in [0.1, 0.15) is 15.6 Å². The summed E-state index contributed by atoms with van der Waals surface area (Å²) in [7, 11) is -3.70. The highest BCUT2D eigenvalue weighted by molar-refractivity contribution is 7.94. The Morgan fingerprint density at radius 3 is 2.47 bits per heavy atom. The Morgan fingerprint density at radius 1 is 1.10 bits per heavy atom. The van der Waals surface area contributed by atoms with E-state index in [2.05, 4.69) is 15.2 Å². The van der Waals surface area contributed by atoms with Crippen LogP contribution < -0.4 is 10.0 Å². The summed E-state index contributed by atoms with van der Waals surface area (Å²) in [4.78, 5) is 12.4. The van der Waals surface area contributed by atoms with Crippen molar-refractivity contribution in [3.63, 3.8) is 0 Å². The fourth-order valence-electron chi connectivity index (χ4n) is 2.77. The zero-order chi connectivity index (χ0) is 21.9. The van der Waals surface area contributed by atoms with Gasteiger partial charge in [0.2, 0.25) is 5.91 Å². The number of hydrogen-bond donors (Lipinski definition) is 2. The SMILES string of the molecule is CCC(=O)Nc1c(C)noc1C=Cc1ccc(S(=O)(=O)Nc2c(C)cccc2C)s1. The molecule has 2 heterocycles. The molecule has 0 atom stereocenters. The number of amides is 1. The summed E-state index contributed by atoms with van der Waals surface area (Å²) in [5, 5.41) is 6.64. The van der Waals surface area contributed by atoms with Gasteiger partial charge < -0.3 is 9.84 Å². The Balaban J connectivity index is 1.81. The van der Waals surface area contributed by atoms with Crippen molar-refractivity contribution in [3.8, 4) is 0 Å². The first-order valence-electron chi connectivity index (χ1n) is 9.34. The van der Waals surface area contributed by atoms with Crippen molar-refractivity contribution >= 4 is 50.8 Å². The molecule has 0 bridgehead atoms. The summed E-state index contributed by atoms with van der Waals surface area (Å²) in [5.74, 6) is 0.263. The molecular formula is C21H23N3O4S2. The molecule has 0 fully saturated rings. The molecule has 2 N–H and O–H groups in total. The topological polar surface area (TPSA) is 101 Å². The van der Waals surface area contributed by atoms with Gasteiger partial charge in [-0.05, 0) is 56.2 Å². The average Bonchev–Trinajstić information content (AvgIpc) is 3.31. The number of para-hydroxylation sites is 1. The van der Waals surface area contributed by atoms with Crippen molar-refractivity contribution in [2.45, 2.75) is 38.3 Å². The number of sulfonamides is 1. The molecule has 0 aliphatic carbocycles. The second-order valence-corrected chi connectivity index (χ2v) is 9.80. The number of rotatable bonds is 7. The summed E-state index contributed by atoms with van der Waals surface area (Å²) in [6, 6.07) is 8.89. The minimum Gasteiger partial charge on any atom is -0.354 e. The number of thiophene rings is 1. The molecule has 2 aromatic heterocycles. The van der Waals surface area contributed by atoms with E-state index in [1.807, 2.05) is 32.0 Å². The van der Waals surface area contributed by atoms with Crippen LogP contribution in [0.25, 0.3) is 12.2 Å². The number of nitrogens with one attached hydrogen (secondary N) is 2. The number of nitrogens with zero attached hydrogens (tertiary/aromatic N) is 1. The number of anilines is 2. The summed E-state index contributed by atoms with van der Waals surface area (Å²) >= 11 is 1.13. The Hall–Kier alpha value is -2.91. The molecule has 9 heteroatoms. The summed E-state index contributed by atoms with van der Waals surface area (Å²) in [6.07, 6.45) is 3.73. The fraction of sp³-hybridized carbons (Fsp3) is 0.238. The van der Waals surface area contributed by atoms with Gasteiger partial charge in [0, 0.05) is 11.3 Å². The van der Waals surface area contributed by atoms with Crippen LogP contribution in [0, 0.1) is 20.8 Å². The Labute approximate surface area is 179 Å². The van der Waals surface area contributed by atoms with Crippen LogP contribution in [0.15, 0.2) is 39.1 Å². The van der Waals surface area contributed by atoms with Crippen LogP contribution >= 0.6 is 11.3 Å². The molecule has 0 saturated heterocycles. The Bertz CT molecular complexity index is 1190. The molecule has 0 spiro atoms. The van der Waals surface area contributed by atoms with Crippen molar-refractivity contribution < 1.29 is 17.7 Å². The van der Waals surface area contributed by atoms with Gasteiger partial charge in [0.15, 0.2) is 5.76 Å². The highest BCUT2D eigenvalue weighted by atomic mass is 32.2. The third kappa shape index (κ3) is 4.80. The number of carbonyl (C=O) groups excluding carboxylic acids is 1. The quantitative estimate of drug-likeness (QED) is 0.534. The third-order valence-electron chi connectivity index (χ3n) is 4.46. The van der Waals surface area contributed by atoms with Gasteiger partial charge >= 0.3 is 0 Å².